The third-order valence-electron chi connectivity index (χ3n) is 2.02. The molecule has 0 aromatic rings. The van der Waals surface area contributed by atoms with Crippen LogP contribution in [0.4, 0.5) is 0 Å². The number of esters is 1. The van der Waals surface area contributed by atoms with Crippen molar-refractivity contribution >= 4 is 5.97 Å². The lowest BCUT2D eigenvalue weighted by molar-refractivity contribution is -0.144. The van der Waals surface area contributed by atoms with Crippen molar-refractivity contribution in [1.82, 2.24) is 5.32 Å². The zero-order valence-corrected chi connectivity index (χ0v) is 8.94. The van der Waals surface area contributed by atoms with Crippen LogP contribution in [0.2, 0.25) is 0 Å². The number of carbonyl (C=O) groups is 1. The summed E-state index contributed by atoms with van der Waals surface area (Å²) in [6.07, 6.45) is 5.63. The maximum absolute atomic E-state index is 10.6. The van der Waals surface area contributed by atoms with Gasteiger partial charge in [-0.15, -0.1) is 6.58 Å². The van der Waals surface area contributed by atoms with Gasteiger partial charge < -0.3 is 14.8 Å². The van der Waals surface area contributed by atoms with Crippen LogP contribution in [0.3, 0.4) is 0 Å². The van der Waals surface area contributed by atoms with E-state index in [1.807, 2.05) is 12.2 Å². The minimum atomic E-state index is -0.279. The minimum absolute atomic E-state index is 0.115. The van der Waals surface area contributed by atoms with Crippen molar-refractivity contribution < 1.29 is 14.3 Å². The Morgan fingerprint density at radius 3 is 3.07 bits per heavy atom. The smallest absolute Gasteiger partial charge is 0.302 e. The molecule has 1 aliphatic heterocycles. The van der Waals surface area contributed by atoms with Crippen LogP contribution in [0.5, 0.6) is 0 Å². The first-order valence-corrected chi connectivity index (χ1v) is 5.00. The standard InChI is InChI=1S/C11H17NO3/c1-3-6-12-10-4-5-11(15-7-10)8-14-9(2)13/h3-5,10-12H,1,6-8H2,2H3. The van der Waals surface area contributed by atoms with E-state index in [0.717, 1.165) is 6.54 Å². The molecule has 0 bridgehead atoms. The van der Waals surface area contributed by atoms with Crippen molar-refractivity contribution in [3.8, 4) is 0 Å². The molecule has 2 unspecified atom stereocenters. The average molecular weight is 211 g/mol. The molecule has 0 saturated carbocycles. The molecule has 1 aliphatic rings. The van der Waals surface area contributed by atoms with Crippen LogP contribution in [0, 0.1) is 0 Å². The number of hydrogen-bond acceptors (Lipinski definition) is 4. The van der Waals surface area contributed by atoms with Gasteiger partial charge in [-0.3, -0.25) is 4.79 Å². The Balaban J connectivity index is 2.24. The van der Waals surface area contributed by atoms with Gasteiger partial charge in [0, 0.05) is 19.5 Å². The summed E-state index contributed by atoms with van der Waals surface area (Å²) < 4.78 is 10.3. The van der Waals surface area contributed by atoms with Crippen LogP contribution in [-0.4, -0.2) is 37.9 Å². The Labute approximate surface area is 89.9 Å². The molecule has 1 N–H and O–H groups in total. The van der Waals surface area contributed by atoms with E-state index in [2.05, 4.69) is 11.9 Å². The van der Waals surface area contributed by atoms with Gasteiger partial charge in [-0.25, -0.2) is 0 Å². The highest BCUT2D eigenvalue weighted by Crippen LogP contribution is 2.05. The highest BCUT2D eigenvalue weighted by molar-refractivity contribution is 5.65. The number of hydrogen-bond donors (Lipinski definition) is 1. The van der Waals surface area contributed by atoms with Crippen LogP contribution in [0.1, 0.15) is 6.92 Å². The summed E-state index contributed by atoms with van der Waals surface area (Å²) in [5.74, 6) is -0.279. The maximum atomic E-state index is 10.6. The first-order valence-electron chi connectivity index (χ1n) is 5.00. The Bertz CT molecular complexity index is 250. The summed E-state index contributed by atoms with van der Waals surface area (Å²) in [6, 6.07) is 0.219. The van der Waals surface area contributed by atoms with Gasteiger partial charge in [0.2, 0.25) is 0 Å². The third-order valence-corrected chi connectivity index (χ3v) is 2.02. The van der Waals surface area contributed by atoms with Crippen molar-refractivity contribution in [2.45, 2.75) is 19.1 Å². The van der Waals surface area contributed by atoms with E-state index in [9.17, 15) is 4.79 Å². The van der Waals surface area contributed by atoms with Gasteiger partial charge in [0.1, 0.15) is 12.7 Å². The van der Waals surface area contributed by atoms with Gasteiger partial charge in [-0.2, -0.15) is 0 Å². The normalized spacial score (nSPS) is 24.9. The zero-order chi connectivity index (χ0) is 11.1. The van der Waals surface area contributed by atoms with Crippen LogP contribution in [0.15, 0.2) is 24.8 Å². The molecular formula is C11H17NO3. The van der Waals surface area contributed by atoms with E-state index in [1.165, 1.54) is 6.92 Å². The van der Waals surface area contributed by atoms with E-state index >= 15 is 0 Å². The fraction of sp³-hybridized carbons (Fsp3) is 0.545. The van der Waals surface area contributed by atoms with Crippen LogP contribution in [-0.2, 0) is 14.3 Å². The molecule has 1 heterocycles. The number of carbonyl (C=O) groups excluding carboxylic acids is 1. The Morgan fingerprint density at radius 1 is 1.73 bits per heavy atom. The van der Waals surface area contributed by atoms with Crippen molar-refractivity contribution in [3.05, 3.63) is 24.8 Å². The van der Waals surface area contributed by atoms with Gasteiger partial charge >= 0.3 is 5.97 Å². The number of rotatable bonds is 5. The van der Waals surface area contributed by atoms with Crippen molar-refractivity contribution in [3.63, 3.8) is 0 Å². The molecule has 2 atom stereocenters. The SMILES string of the molecule is C=CCNC1C=CC(COC(C)=O)OC1. The third kappa shape index (κ3) is 4.76. The molecule has 15 heavy (non-hydrogen) atoms. The Kier molecular flexibility index (Phi) is 5.07. The number of ether oxygens (including phenoxy) is 2. The molecule has 0 radical (unpaired) electrons. The van der Waals surface area contributed by atoms with E-state index in [0.29, 0.717) is 13.2 Å². The van der Waals surface area contributed by atoms with E-state index < -0.39 is 0 Å². The first-order chi connectivity index (χ1) is 7.22. The molecule has 0 fully saturated rings. The predicted molar refractivity (Wildman–Crippen MR) is 57.5 cm³/mol. The fourth-order valence-corrected chi connectivity index (χ4v) is 1.26. The minimum Gasteiger partial charge on any atom is -0.463 e. The van der Waals surface area contributed by atoms with E-state index in [4.69, 9.17) is 9.47 Å². The zero-order valence-electron chi connectivity index (χ0n) is 8.94. The van der Waals surface area contributed by atoms with E-state index in [-0.39, 0.29) is 18.1 Å². The topological polar surface area (TPSA) is 47.6 Å². The summed E-state index contributed by atoms with van der Waals surface area (Å²) in [5.41, 5.74) is 0. The predicted octanol–water partition coefficient (Wildman–Crippen LogP) is 0.649. The van der Waals surface area contributed by atoms with E-state index in [1.54, 1.807) is 6.08 Å². The summed E-state index contributed by atoms with van der Waals surface area (Å²) in [5, 5.41) is 3.22. The lowest BCUT2D eigenvalue weighted by Crippen LogP contribution is -2.37. The molecule has 4 heteroatoms. The lowest BCUT2D eigenvalue weighted by Gasteiger charge is -2.23. The summed E-state index contributed by atoms with van der Waals surface area (Å²) in [6.45, 7) is 6.66. The van der Waals surface area contributed by atoms with Gasteiger partial charge in [0.25, 0.3) is 0 Å². The highest BCUT2D eigenvalue weighted by Gasteiger charge is 2.15. The van der Waals surface area contributed by atoms with Crippen LogP contribution >= 0.6 is 0 Å². The van der Waals surface area contributed by atoms with Crippen LogP contribution < -0.4 is 5.32 Å². The summed E-state index contributed by atoms with van der Waals surface area (Å²) >= 11 is 0. The summed E-state index contributed by atoms with van der Waals surface area (Å²) in [4.78, 5) is 10.6. The molecule has 0 aromatic heterocycles. The second-order valence-corrected chi connectivity index (χ2v) is 3.36. The van der Waals surface area contributed by atoms with Crippen molar-refractivity contribution in [2.24, 2.45) is 0 Å². The molecule has 0 aliphatic carbocycles. The van der Waals surface area contributed by atoms with Crippen molar-refractivity contribution in [2.75, 3.05) is 19.8 Å². The molecule has 0 spiro atoms. The van der Waals surface area contributed by atoms with Crippen molar-refractivity contribution in [1.29, 1.82) is 0 Å². The Morgan fingerprint density at radius 2 is 2.53 bits per heavy atom. The second kappa shape index (κ2) is 6.37. The van der Waals surface area contributed by atoms with Gasteiger partial charge in [-0.05, 0) is 0 Å². The highest BCUT2D eigenvalue weighted by atomic mass is 16.6. The van der Waals surface area contributed by atoms with Gasteiger partial charge in [0.05, 0.1) is 6.61 Å². The molecule has 4 nitrogen and oxygen atoms in total. The molecule has 0 aromatic carbocycles. The quantitative estimate of drug-likeness (QED) is 0.536. The largest absolute Gasteiger partial charge is 0.463 e. The summed E-state index contributed by atoms with van der Waals surface area (Å²) in [7, 11) is 0. The van der Waals surface area contributed by atoms with Gasteiger partial charge in [0.15, 0.2) is 0 Å². The maximum Gasteiger partial charge on any atom is 0.302 e. The molecule has 0 saturated heterocycles. The monoisotopic (exact) mass is 211 g/mol. The van der Waals surface area contributed by atoms with Gasteiger partial charge in [-0.1, -0.05) is 18.2 Å². The van der Waals surface area contributed by atoms with Crippen LogP contribution in [0.25, 0.3) is 0 Å². The molecule has 0 amide bonds. The molecular weight excluding hydrogens is 194 g/mol. The first kappa shape index (κ1) is 11.9. The molecule has 1 rings (SSSR count). The fourth-order valence-electron chi connectivity index (χ4n) is 1.26. The number of nitrogens with one attached hydrogen (secondary N) is 1. The average Bonchev–Trinajstić information content (AvgIpc) is 2.25. The second-order valence-electron chi connectivity index (χ2n) is 3.36. The Hall–Kier alpha value is -1.13. The lowest BCUT2D eigenvalue weighted by atomic mass is 10.2. The molecule has 84 valence electrons.